The highest BCUT2D eigenvalue weighted by Crippen LogP contribution is 2.19. The van der Waals surface area contributed by atoms with Crippen molar-refractivity contribution in [2.24, 2.45) is 5.73 Å². The first kappa shape index (κ1) is 13.5. The zero-order chi connectivity index (χ0) is 14.0. The molecule has 0 aromatic carbocycles. The molecule has 6 nitrogen and oxygen atoms in total. The summed E-state index contributed by atoms with van der Waals surface area (Å²) in [4.78, 5) is 16.5. The van der Waals surface area contributed by atoms with Crippen molar-refractivity contribution < 1.29 is 4.79 Å². The second-order valence-corrected chi connectivity index (χ2v) is 4.76. The molecule has 19 heavy (non-hydrogen) atoms. The van der Waals surface area contributed by atoms with Gasteiger partial charge in [0.15, 0.2) is 5.65 Å². The van der Waals surface area contributed by atoms with Crippen molar-refractivity contribution in [2.45, 2.75) is 26.8 Å². The first-order valence-electron chi connectivity index (χ1n) is 6.37. The summed E-state index contributed by atoms with van der Waals surface area (Å²) >= 11 is 0. The van der Waals surface area contributed by atoms with Crippen LogP contribution in [0.15, 0.2) is 12.3 Å². The molecule has 3 N–H and O–H groups in total. The molecule has 0 aliphatic carbocycles. The van der Waals surface area contributed by atoms with E-state index in [1.807, 2.05) is 31.5 Å². The smallest absolute Gasteiger partial charge is 0.253 e. The molecule has 2 rings (SSSR count). The Morgan fingerprint density at radius 2 is 2.26 bits per heavy atom. The van der Waals surface area contributed by atoms with E-state index in [0.717, 1.165) is 11.0 Å². The van der Waals surface area contributed by atoms with E-state index in [1.54, 1.807) is 6.20 Å². The summed E-state index contributed by atoms with van der Waals surface area (Å²) in [7, 11) is 0. The van der Waals surface area contributed by atoms with E-state index in [-0.39, 0.29) is 11.9 Å². The predicted octanol–water partition coefficient (Wildman–Crippen LogP) is 1.01. The number of carbonyl (C=O) groups excluding carboxylic acids is 1. The maximum Gasteiger partial charge on any atom is 0.253 e. The lowest BCUT2D eigenvalue weighted by molar-refractivity contribution is 0.0954. The van der Waals surface area contributed by atoms with E-state index in [1.165, 1.54) is 0 Å². The van der Waals surface area contributed by atoms with Crippen LogP contribution in [0, 0.1) is 6.92 Å². The van der Waals surface area contributed by atoms with Crippen molar-refractivity contribution in [2.75, 3.05) is 13.1 Å². The molecule has 0 radical (unpaired) electrons. The van der Waals surface area contributed by atoms with Gasteiger partial charge in [0.1, 0.15) is 0 Å². The number of hydrogen-bond donors (Lipinski definition) is 2. The summed E-state index contributed by atoms with van der Waals surface area (Å²) < 4.78 is 1.85. The van der Waals surface area contributed by atoms with Crippen LogP contribution in [0.3, 0.4) is 0 Å². The minimum absolute atomic E-state index is 0.144. The van der Waals surface area contributed by atoms with Crippen LogP contribution in [0.5, 0.6) is 0 Å². The zero-order valence-electron chi connectivity index (χ0n) is 11.5. The van der Waals surface area contributed by atoms with Gasteiger partial charge in [-0.25, -0.2) is 9.67 Å². The molecular weight excluding hydrogens is 242 g/mol. The third-order valence-electron chi connectivity index (χ3n) is 2.92. The van der Waals surface area contributed by atoms with Gasteiger partial charge in [-0.15, -0.1) is 0 Å². The van der Waals surface area contributed by atoms with E-state index in [2.05, 4.69) is 15.4 Å². The van der Waals surface area contributed by atoms with Gasteiger partial charge in [-0.05, 0) is 26.8 Å². The van der Waals surface area contributed by atoms with Crippen LogP contribution in [0.25, 0.3) is 11.0 Å². The van der Waals surface area contributed by atoms with Crippen molar-refractivity contribution in [3.63, 3.8) is 0 Å². The lowest BCUT2D eigenvalue weighted by Crippen LogP contribution is -2.29. The van der Waals surface area contributed by atoms with Gasteiger partial charge in [0.05, 0.1) is 17.5 Å². The van der Waals surface area contributed by atoms with Crippen molar-refractivity contribution in [3.8, 4) is 0 Å². The van der Waals surface area contributed by atoms with Crippen LogP contribution >= 0.6 is 0 Å². The van der Waals surface area contributed by atoms with Crippen LogP contribution in [0.2, 0.25) is 0 Å². The van der Waals surface area contributed by atoms with Crippen molar-refractivity contribution >= 4 is 16.9 Å². The first-order valence-corrected chi connectivity index (χ1v) is 6.37. The zero-order valence-corrected chi connectivity index (χ0v) is 11.5. The molecule has 0 spiro atoms. The summed E-state index contributed by atoms with van der Waals surface area (Å²) in [6.07, 6.45) is 1.74. The fraction of sp³-hybridized carbons (Fsp3) is 0.462. The minimum Gasteiger partial charge on any atom is -0.351 e. The maximum absolute atomic E-state index is 12.0. The van der Waals surface area contributed by atoms with Gasteiger partial charge in [-0.3, -0.25) is 4.79 Å². The molecule has 6 heteroatoms. The van der Waals surface area contributed by atoms with E-state index in [9.17, 15) is 4.79 Å². The predicted molar refractivity (Wildman–Crippen MR) is 74.0 cm³/mol. The van der Waals surface area contributed by atoms with Gasteiger partial charge in [-0.2, -0.15) is 5.10 Å². The molecule has 0 bridgehead atoms. The molecule has 102 valence electrons. The summed E-state index contributed by atoms with van der Waals surface area (Å²) in [5.74, 6) is -0.144. The van der Waals surface area contributed by atoms with Crippen LogP contribution < -0.4 is 11.1 Å². The van der Waals surface area contributed by atoms with E-state index in [4.69, 9.17) is 5.73 Å². The van der Waals surface area contributed by atoms with Crippen molar-refractivity contribution in [3.05, 3.63) is 23.5 Å². The number of pyridine rings is 1. The number of fused-ring (bicyclic) bond motifs is 1. The van der Waals surface area contributed by atoms with Crippen LogP contribution in [-0.2, 0) is 0 Å². The summed E-state index contributed by atoms with van der Waals surface area (Å²) in [6, 6.07) is 2.07. The molecule has 0 aliphatic heterocycles. The van der Waals surface area contributed by atoms with E-state index in [0.29, 0.717) is 24.3 Å². The van der Waals surface area contributed by atoms with Crippen LogP contribution in [0.4, 0.5) is 0 Å². The number of aromatic nitrogens is 3. The molecule has 2 heterocycles. The molecular formula is C13H19N5O. The van der Waals surface area contributed by atoms with Gasteiger partial charge in [-0.1, -0.05) is 0 Å². The monoisotopic (exact) mass is 261 g/mol. The lowest BCUT2D eigenvalue weighted by atomic mass is 10.1. The van der Waals surface area contributed by atoms with Crippen LogP contribution in [0.1, 0.15) is 35.9 Å². The SMILES string of the molecule is Cc1nc2c(cnn2C(C)C)cc1C(=O)NCCN. The Kier molecular flexibility index (Phi) is 3.80. The highest BCUT2D eigenvalue weighted by molar-refractivity contribution is 5.98. The molecule has 0 aliphatic rings. The minimum atomic E-state index is -0.144. The molecule has 0 fully saturated rings. The Morgan fingerprint density at radius 1 is 1.53 bits per heavy atom. The van der Waals surface area contributed by atoms with E-state index < -0.39 is 0 Å². The molecule has 2 aromatic rings. The Morgan fingerprint density at radius 3 is 2.89 bits per heavy atom. The largest absolute Gasteiger partial charge is 0.351 e. The van der Waals surface area contributed by atoms with Gasteiger partial charge in [0.25, 0.3) is 5.91 Å². The first-order chi connectivity index (χ1) is 9.04. The van der Waals surface area contributed by atoms with Gasteiger partial charge in [0, 0.05) is 24.5 Å². The number of nitrogens with zero attached hydrogens (tertiary/aromatic N) is 3. The summed E-state index contributed by atoms with van der Waals surface area (Å²) in [6.45, 7) is 6.80. The van der Waals surface area contributed by atoms with Crippen LogP contribution in [-0.4, -0.2) is 33.8 Å². The van der Waals surface area contributed by atoms with Crippen molar-refractivity contribution in [1.82, 2.24) is 20.1 Å². The fourth-order valence-corrected chi connectivity index (χ4v) is 1.95. The topological polar surface area (TPSA) is 85.8 Å². The summed E-state index contributed by atoms with van der Waals surface area (Å²) in [5, 5.41) is 7.93. The average molecular weight is 261 g/mol. The number of carbonyl (C=O) groups is 1. The van der Waals surface area contributed by atoms with E-state index >= 15 is 0 Å². The Hall–Kier alpha value is -1.95. The van der Waals surface area contributed by atoms with Gasteiger partial charge < -0.3 is 11.1 Å². The number of amides is 1. The fourth-order valence-electron chi connectivity index (χ4n) is 1.95. The Bertz CT molecular complexity index is 602. The van der Waals surface area contributed by atoms with Gasteiger partial charge in [0.2, 0.25) is 0 Å². The van der Waals surface area contributed by atoms with Crippen molar-refractivity contribution in [1.29, 1.82) is 0 Å². The highest BCUT2D eigenvalue weighted by Gasteiger charge is 2.14. The highest BCUT2D eigenvalue weighted by atomic mass is 16.1. The quantitative estimate of drug-likeness (QED) is 0.860. The molecule has 0 saturated carbocycles. The molecule has 1 amide bonds. The normalized spacial score (nSPS) is 11.2. The molecule has 0 atom stereocenters. The second-order valence-electron chi connectivity index (χ2n) is 4.76. The number of nitrogens with one attached hydrogen (secondary N) is 1. The maximum atomic E-state index is 12.0. The number of aryl methyl sites for hydroxylation is 1. The standard InChI is InChI=1S/C13H19N5O/c1-8(2)18-12-10(7-16-18)6-11(9(3)17-12)13(19)15-5-4-14/h6-8H,4-5,14H2,1-3H3,(H,15,19). The number of rotatable bonds is 4. The summed E-state index contributed by atoms with van der Waals surface area (Å²) in [5.41, 5.74) is 7.46. The Labute approximate surface area is 112 Å². The second kappa shape index (κ2) is 5.36. The molecule has 0 unspecified atom stereocenters. The number of nitrogens with two attached hydrogens (primary N) is 1. The Balaban J connectivity index is 2.43. The number of hydrogen-bond acceptors (Lipinski definition) is 4. The average Bonchev–Trinajstić information content (AvgIpc) is 2.77. The lowest BCUT2D eigenvalue weighted by Gasteiger charge is -2.09. The molecule has 2 aromatic heterocycles. The van der Waals surface area contributed by atoms with Gasteiger partial charge >= 0.3 is 0 Å². The molecule has 0 saturated heterocycles. The third-order valence-corrected chi connectivity index (χ3v) is 2.92. The third kappa shape index (κ3) is 2.58.